The van der Waals surface area contributed by atoms with Gasteiger partial charge in [0, 0.05) is 37.7 Å². The van der Waals surface area contributed by atoms with E-state index in [1.54, 1.807) is 12.1 Å². The van der Waals surface area contributed by atoms with Crippen LogP contribution in [0, 0.1) is 0 Å². The topological polar surface area (TPSA) is 101 Å². The minimum absolute atomic E-state index is 0.0880. The van der Waals surface area contributed by atoms with Crippen molar-refractivity contribution in [1.82, 2.24) is 24.1 Å². The van der Waals surface area contributed by atoms with Gasteiger partial charge in [-0.15, -0.1) is 15.3 Å². The highest BCUT2D eigenvalue weighted by Gasteiger charge is 2.31. The van der Waals surface area contributed by atoms with Gasteiger partial charge < -0.3 is 4.90 Å². The van der Waals surface area contributed by atoms with E-state index in [-0.39, 0.29) is 10.7 Å². The number of piperazine rings is 1. The maximum Gasteiger partial charge on any atom is 0.243 e. The Kier molecular flexibility index (Phi) is 4.55. The highest BCUT2D eigenvalue weighted by atomic mass is 32.2. The van der Waals surface area contributed by atoms with Gasteiger partial charge in [-0.2, -0.15) is 8.82 Å². The molecule has 1 aliphatic heterocycles. The zero-order valence-corrected chi connectivity index (χ0v) is 17.4. The first-order chi connectivity index (χ1) is 14.4. The van der Waals surface area contributed by atoms with E-state index in [4.69, 9.17) is 5.10 Å². The van der Waals surface area contributed by atoms with Crippen LogP contribution in [0.15, 0.2) is 41.3 Å². The number of Topliss-reactive ketones (excluding diaryl/α,β-unsaturated/α-hetero) is 1. The predicted octanol–water partition coefficient (Wildman–Crippen LogP) is 1.72. The molecule has 0 unspecified atom stereocenters. The molecule has 10 heteroatoms. The lowest BCUT2D eigenvalue weighted by Crippen LogP contribution is -2.49. The Bertz CT molecular complexity index is 1210. The van der Waals surface area contributed by atoms with Crippen LogP contribution < -0.4 is 4.90 Å². The molecule has 2 fully saturated rings. The van der Waals surface area contributed by atoms with Gasteiger partial charge in [-0.3, -0.25) is 4.79 Å². The molecular weight excluding hydrogens is 404 g/mol. The third-order valence-corrected chi connectivity index (χ3v) is 7.59. The third-order valence-electron chi connectivity index (χ3n) is 5.68. The molecule has 2 aliphatic rings. The van der Waals surface area contributed by atoms with E-state index in [0.29, 0.717) is 37.7 Å². The first-order valence-electron chi connectivity index (χ1n) is 10.0. The lowest BCUT2D eigenvalue weighted by molar-refractivity contribution is 0.101. The molecule has 30 heavy (non-hydrogen) atoms. The van der Waals surface area contributed by atoms with Crippen LogP contribution in [-0.4, -0.2) is 64.5 Å². The maximum atomic E-state index is 13.0. The normalized spacial score (nSPS) is 18.1. The van der Waals surface area contributed by atoms with Crippen molar-refractivity contribution in [2.45, 2.75) is 30.6 Å². The van der Waals surface area contributed by atoms with Crippen molar-refractivity contribution in [3.8, 4) is 0 Å². The van der Waals surface area contributed by atoms with Gasteiger partial charge in [-0.25, -0.2) is 8.42 Å². The summed E-state index contributed by atoms with van der Waals surface area (Å²) >= 11 is 0. The van der Waals surface area contributed by atoms with Crippen LogP contribution in [0.25, 0.3) is 5.65 Å². The molecule has 3 heterocycles. The molecule has 0 spiro atoms. The average Bonchev–Trinajstić information content (AvgIpc) is 3.52. The zero-order valence-electron chi connectivity index (χ0n) is 16.6. The van der Waals surface area contributed by atoms with E-state index in [1.165, 1.54) is 23.4 Å². The second kappa shape index (κ2) is 7.13. The Hall–Kier alpha value is -2.85. The number of carbonyl (C=O) groups excluding carboxylic acids is 1. The fourth-order valence-electron chi connectivity index (χ4n) is 3.73. The summed E-state index contributed by atoms with van der Waals surface area (Å²) in [5.74, 6) is 2.06. The molecular formula is C20H22N6O3S. The number of carbonyl (C=O) groups is 1. The molecule has 3 aromatic rings. The van der Waals surface area contributed by atoms with Crippen LogP contribution in [0.5, 0.6) is 0 Å². The van der Waals surface area contributed by atoms with Crippen LogP contribution in [0.2, 0.25) is 0 Å². The number of hydrogen-bond acceptors (Lipinski definition) is 7. The molecule has 156 valence electrons. The lowest BCUT2D eigenvalue weighted by Gasteiger charge is -2.34. The SMILES string of the molecule is CC(=O)c1ccc(S(=O)(=O)N2CCN(c3ccc4nnc(C5CC5)n4n3)CC2)cc1. The van der Waals surface area contributed by atoms with Crippen molar-refractivity contribution in [3.63, 3.8) is 0 Å². The van der Waals surface area contributed by atoms with Gasteiger partial charge in [0.25, 0.3) is 0 Å². The van der Waals surface area contributed by atoms with E-state index < -0.39 is 10.0 Å². The van der Waals surface area contributed by atoms with Gasteiger partial charge in [0.05, 0.1) is 4.90 Å². The summed E-state index contributed by atoms with van der Waals surface area (Å²) in [5.41, 5.74) is 1.23. The Balaban J connectivity index is 1.31. The highest BCUT2D eigenvalue weighted by molar-refractivity contribution is 7.89. The van der Waals surface area contributed by atoms with Crippen molar-refractivity contribution in [1.29, 1.82) is 0 Å². The molecule has 5 rings (SSSR count). The Morgan fingerprint density at radius 2 is 1.67 bits per heavy atom. The van der Waals surface area contributed by atoms with Crippen molar-refractivity contribution in [3.05, 3.63) is 47.8 Å². The van der Waals surface area contributed by atoms with Crippen molar-refractivity contribution < 1.29 is 13.2 Å². The minimum Gasteiger partial charge on any atom is -0.353 e. The smallest absolute Gasteiger partial charge is 0.243 e. The molecule has 0 bridgehead atoms. The number of aromatic nitrogens is 4. The number of rotatable bonds is 5. The molecule has 1 aromatic carbocycles. The van der Waals surface area contributed by atoms with E-state index in [0.717, 1.165) is 30.1 Å². The number of fused-ring (bicyclic) bond motifs is 1. The molecule has 1 saturated carbocycles. The molecule has 0 radical (unpaired) electrons. The first-order valence-corrected chi connectivity index (χ1v) is 11.5. The zero-order chi connectivity index (χ0) is 20.9. The summed E-state index contributed by atoms with van der Waals surface area (Å²) in [6.07, 6.45) is 2.24. The minimum atomic E-state index is -3.60. The fourth-order valence-corrected chi connectivity index (χ4v) is 5.15. The summed E-state index contributed by atoms with van der Waals surface area (Å²) in [4.78, 5) is 13.7. The first kappa shape index (κ1) is 19.1. The molecule has 0 atom stereocenters. The summed E-state index contributed by atoms with van der Waals surface area (Å²) in [7, 11) is -3.60. The van der Waals surface area contributed by atoms with Gasteiger partial charge in [0.15, 0.2) is 17.3 Å². The third kappa shape index (κ3) is 3.35. The standard InChI is InChI=1S/C20H22N6O3S/c1-14(27)15-4-6-17(7-5-15)30(28,29)25-12-10-24(11-13-25)19-9-8-18-21-22-20(16-2-3-16)26(18)23-19/h4-9,16H,2-3,10-13H2,1H3. The Morgan fingerprint density at radius 1 is 0.967 bits per heavy atom. The monoisotopic (exact) mass is 426 g/mol. The van der Waals surface area contributed by atoms with Gasteiger partial charge in [-0.05, 0) is 44.0 Å². The largest absolute Gasteiger partial charge is 0.353 e. The molecule has 1 aliphatic carbocycles. The summed E-state index contributed by atoms with van der Waals surface area (Å²) < 4.78 is 29.2. The van der Waals surface area contributed by atoms with E-state index in [1.807, 2.05) is 16.6 Å². The van der Waals surface area contributed by atoms with E-state index in [9.17, 15) is 13.2 Å². The van der Waals surface area contributed by atoms with Crippen LogP contribution in [0.3, 0.4) is 0 Å². The van der Waals surface area contributed by atoms with Crippen molar-refractivity contribution >= 4 is 27.3 Å². The van der Waals surface area contributed by atoms with Crippen LogP contribution >= 0.6 is 0 Å². The van der Waals surface area contributed by atoms with Gasteiger partial charge in [-0.1, -0.05) is 12.1 Å². The maximum absolute atomic E-state index is 13.0. The summed E-state index contributed by atoms with van der Waals surface area (Å²) in [6.45, 7) is 3.29. The number of benzene rings is 1. The summed E-state index contributed by atoms with van der Waals surface area (Å²) in [5, 5.41) is 13.2. The van der Waals surface area contributed by atoms with Crippen LogP contribution in [0.4, 0.5) is 5.82 Å². The van der Waals surface area contributed by atoms with Crippen molar-refractivity contribution in [2.24, 2.45) is 0 Å². The summed E-state index contributed by atoms with van der Waals surface area (Å²) in [6, 6.07) is 9.92. The number of sulfonamides is 1. The second-order valence-electron chi connectivity index (χ2n) is 7.77. The van der Waals surface area contributed by atoms with Gasteiger partial charge in [0.1, 0.15) is 5.82 Å². The van der Waals surface area contributed by atoms with Crippen LogP contribution in [0.1, 0.15) is 41.9 Å². The van der Waals surface area contributed by atoms with Gasteiger partial charge >= 0.3 is 0 Å². The predicted molar refractivity (Wildman–Crippen MR) is 110 cm³/mol. The number of hydrogen-bond donors (Lipinski definition) is 0. The Labute approximate surface area is 174 Å². The van der Waals surface area contributed by atoms with Crippen molar-refractivity contribution in [2.75, 3.05) is 31.1 Å². The molecule has 1 saturated heterocycles. The molecule has 0 amide bonds. The van der Waals surface area contributed by atoms with E-state index >= 15 is 0 Å². The number of nitrogens with zero attached hydrogens (tertiary/aromatic N) is 6. The number of anilines is 1. The lowest BCUT2D eigenvalue weighted by atomic mass is 10.2. The van der Waals surface area contributed by atoms with E-state index in [2.05, 4.69) is 15.1 Å². The Morgan fingerprint density at radius 3 is 2.30 bits per heavy atom. The fraction of sp³-hybridized carbons (Fsp3) is 0.400. The van der Waals surface area contributed by atoms with Gasteiger partial charge in [0.2, 0.25) is 10.0 Å². The molecule has 9 nitrogen and oxygen atoms in total. The highest BCUT2D eigenvalue weighted by Crippen LogP contribution is 2.38. The second-order valence-corrected chi connectivity index (χ2v) is 9.70. The average molecular weight is 427 g/mol. The number of ketones is 1. The molecule has 0 N–H and O–H groups in total. The quantitative estimate of drug-likeness (QED) is 0.573. The molecule has 2 aromatic heterocycles. The van der Waals surface area contributed by atoms with Crippen LogP contribution in [-0.2, 0) is 10.0 Å².